The molecule has 0 aliphatic carbocycles. The lowest BCUT2D eigenvalue weighted by Crippen LogP contribution is -2.43. The van der Waals surface area contributed by atoms with Crippen molar-refractivity contribution in [1.29, 1.82) is 0 Å². The third-order valence-electron chi connectivity index (χ3n) is 3.17. The van der Waals surface area contributed by atoms with E-state index >= 15 is 0 Å². The summed E-state index contributed by atoms with van der Waals surface area (Å²) in [6, 6.07) is 0.972. The van der Waals surface area contributed by atoms with Gasteiger partial charge in [-0.2, -0.15) is 0 Å². The van der Waals surface area contributed by atoms with Gasteiger partial charge < -0.3 is 10.4 Å². The van der Waals surface area contributed by atoms with Gasteiger partial charge >= 0.3 is 5.97 Å². The third kappa shape index (κ3) is 2.54. The molecule has 19 heavy (non-hydrogen) atoms. The van der Waals surface area contributed by atoms with E-state index in [1.54, 1.807) is 0 Å². The molecule has 1 aromatic rings. The summed E-state index contributed by atoms with van der Waals surface area (Å²) in [7, 11) is 0. The molecule has 0 spiro atoms. The van der Waals surface area contributed by atoms with Gasteiger partial charge in [-0.3, -0.25) is 9.59 Å². The maximum atomic E-state index is 13.6. The van der Waals surface area contributed by atoms with Crippen LogP contribution in [0.2, 0.25) is 0 Å². The number of nitrogens with one attached hydrogen (secondary N) is 1. The Morgan fingerprint density at radius 2 is 1.84 bits per heavy atom. The van der Waals surface area contributed by atoms with Crippen LogP contribution in [0.25, 0.3) is 0 Å². The lowest BCUT2D eigenvalue weighted by atomic mass is 9.80. The van der Waals surface area contributed by atoms with Gasteiger partial charge in [-0.25, -0.2) is 13.2 Å². The van der Waals surface area contributed by atoms with E-state index in [9.17, 15) is 22.8 Å². The van der Waals surface area contributed by atoms with Crippen molar-refractivity contribution in [2.45, 2.75) is 12.3 Å². The van der Waals surface area contributed by atoms with E-state index in [1.165, 1.54) is 0 Å². The van der Waals surface area contributed by atoms with Crippen LogP contribution in [-0.2, 0) is 9.59 Å². The summed E-state index contributed by atoms with van der Waals surface area (Å²) >= 11 is 0. The monoisotopic (exact) mass is 273 g/mol. The van der Waals surface area contributed by atoms with Crippen LogP contribution in [0.15, 0.2) is 12.1 Å². The van der Waals surface area contributed by atoms with Gasteiger partial charge in [0.2, 0.25) is 5.91 Å². The van der Waals surface area contributed by atoms with E-state index in [4.69, 9.17) is 5.11 Å². The fourth-order valence-electron chi connectivity index (χ4n) is 2.19. The summed E-state index contributed by atoms with van der Waals surface area (Å²) in [5.41, 5.74) is -0.291. The highest BCUT2D eigenvalue weighted by molar-refractivity contribution is 5.82. The molecule has 1 heterocycles. The number of carbonyl (C=O) groups excluding carboxylic acids is 1. The van der Waals surface area contributed by atoms with Crippen LogP contribution >= 0.6 is 0 Å². The molecule has 1 amide bonds. The first kappa shape index (κ1) is 13.4. The topological polar surface area (TPSA) is 66.4 Å². The average Bonchev–Trinajstić information content (AvgIpc) is 2.33. The van der Waals surface area contributed by atoms with Crippen LogP contribution in [0.5, 0.6) is 0 Å². The molecule has 2 N–H and O–H groups in total. The molecule has 1 saturated heterocycles. The zero-order valence-electron chi connectivity index (χ0n) is 9.62. The number of amides is 1. The van der Waals surface area contributed by atoms with Crippen molar-refractivity contribution in [2.75, 3.05) is 6.54 Å². The van der Waals surface area contributed by atoms with Crippen LogP contribution in [0.1, 0.15) is 17.9 Å². The lowest BCUT2D eigenvalue weighted by Gasteiger charge is -2.29. The number of aliphatic carboxylic acids is 1. The normalized spacial score (nSPS) is 23.0. The molecule has 0 aromatic heterocycles. The van der Waals surface area contributed by atoms with Gasteiger partial charge in [-0.1, -0.05) is 0 Å². The second-order valence-corrected chi connectivity index (χ2v) is 4.35. The first-order chi connectivity index (χ1) is 8.90. The molecule has 2 rings (SSSR count). The van der Waals surface area contributed by atoms with Crippen molar-refractivity contribution in [2.24, 2.45) is 5.92 Å². The van der Waals surface area contributed by atoms with E-state index in [0.29, 0.717) is 12.1 Å². The number of carboxylic acids is 1. The molecule has 1 fully saturated rings. The Hall–Kier alpha value is -2.05. The fourth-order valence-corrected chi connectivity index (χ4v) is 2.19. The van der Waals surface area contributed by atoms with Gasteiger partial charge in [0, 0.05) is 24.9 Å². The van der Waals surface area contributed by atoms with E-state index in [2.05, 4.69) is 5.32 Å². The van der Waals surface area contributed by atoms with Gasteiger partial charge in [0.1, 0.15) is 5.82 Å². The molecule has 1 aromatic carbocycles. The minimum Gasteiger partial charge on any atom is -0.481 e. The molecular weight excluding hydrogens is 263 g/mol. The average molecular weight is 273 g/mol. The smallest absolute Gasteiger partial charge is 0.308 e. The van der Waals surface area contributed by atoms with Crippen molar-refractivity contribution in [3.05, 3.63) is 35.1 Å². The number of piperidine rings is 1. The van der Waals surface area contributed by atoms with Crippen molar-refractivity contribution in [3.63, 3.8) is 0 Å². The third-order valence-corrected chi connectivity index (χ3v) is 3.17. The second kappa shape index (κ2) is 4.91. The predicted octanol–water partition coefficient (Wildman–Crippen LogP) is 1.41. The largest absolute Gasteiger partial charge is 0.481 e. The molecule has 2 atom stereocenters. The van der Waals surface area contributed by atoms with E-state index in [0.717, 1.165) is 0 Å². The summed E-state index contributed by atoms with van der Waals surface area (Å²) in [6.45, 7) is -0.169. The molecule has 4 nitrogen and oxygen atoms in total. The number of hydrogen-bond donors (Lipinski definition) is 2. The quantitative estimate of drug-likeness (QED) is 0.801. The fraction of sp³-hybridized carbons (Fsp3) is 0.333. The number of carboxylic acid groups (broad SMARTS) is 1. The molecule has 1 aliphatic heterocycles. The Kier molecular flexibility index (Phi) is 3.46. The zero-order chi connectivity index (χ0) is 14.2. The second-order valence-electron chi connectivity index (χ2n) is 4.35. The van der Waals surface area contributed by atoms with Crippen LogP contribution < -0.4 is 5.32 Å². The van der Waals surface area contributed by atoms with Gasteiger partial charge in [-0.15, -0.1) is 0 Å². The summed E-state index contributed by atoms with van der Waals surface area (Å²) in [5.74, 6) is -7.44. The first-order valence-electron chi connectivity index (χ1n) is 5.54. The van der Waals surface area contributed by atoms with Crippen molar-refractivity contribution in [1.82, 2.24) is 5.32 Å². The molecule has 102 valence electrons. The highest BCUT2D eigenvalue weighted by Crippen LogP contribution is 2.33. The highest BCUT2D eigenvalue weighted by atomic mass is 19.2. The lowest BCUT2D eigenvalue weighted by molar-refractivity contribution is -0.144. The minimum absolute atomic E-state index is 0.169. The van der Waals surface area contributed by atoms with Crippen LogP contribution in [-0.4, -0.2) is 23.5 Å². The highest BCUT2D eigenvalue weighted by Gasteiger charge is 2.37. The maximum absolute atomic E-state index is 13.6. The first-order valence-corrected chi connectivity index (χ1v) is 5.54. The van der Waals surface area contributed by atoms with E-state index in [1.807, 2.05) is 0 Å². The Morgan fingerprint density at radius 1 is 1.21 bits per heavy atom. The molecule has 1 aliphatic rings. The SMILES string of the molecule is O=C1CC(c2cc(F)c(F)cc2F)C(C(=O)O)CN1. The van der Waals surface area contributed by atoms with E-state index in [-0.39, 0.29) is 18.5 Å². The number of benzene rings is 1. The number of halogens is 3. The van der Waals surface area contributed by atoms with Crippen molar-refractivity contribution >= 4 is 11.9 Å². The van der Waals surface area contributed by atoms with Crippen LogP contribution in [0.3, 0.4) is 0 Å². The standard InChI is InChI=1S/C12H10F3NO3/c13-8-3-10(15)9(14)1-6(8)5-2-11(17)16-4-7(5)12(18)19/h1,3,5,7H,2,4H2,(H,16,17)(H,18,19). The predicted molar refractivity (Wildman–Crippen MR) is 57.8 cm³/mol. The zero-order valence-corrected chi connectivity index (χ0v) is 9.62. The maximum Gasteiger partial charge on any atom is 0.308 e. The number of carbonyl (C=O) groups is 2. The summed E-state index contributed by atoms with van der Waals surface area (Å²) < 4.78 is 39.6. The van der Waals surface area contributed by atoms with Crippen molar-refractivity contribution in [3.8, 4) is 0 Å². The number of rotatable bonds is 2. The van der Waals surface area contributed by atoms with Gasteiger partial charge in [0.15, 0.2) is 11.6 Å². The molecular formula is C12H10F3NO3. The van der Waals surface area contributed by atoms with E-state index < -0.39 is 41.2 Å². The Bertz CT molecular complexity index is 547. The minimum atomic E-state index is -1.35. The van der Waals surface area contributed by atoms with Gasteiger partial charge in [0.25, 0.3) is 0 Å². The molecule has 2 unspecified atom stereocenters. The number of hydrogen-bond acceptors (Lipinski definition) is 2. The van der Waals surface area contributed by atoms with Gasteiger partial charge in [-0.05, 0) is 11.6 Å². The Labute approximate surface area is 106 Å². The summed E-state index contributed by atoms with van der Waals surface area (Å²) in [4.78, 5) is 22.4. The molecule has 0 bridgehead atoms. The Morgan fingerprint density at radius 3 is 2.47 bits per heavy atom. The van der Waals surface area contributed by atoms with Gasteiger partial charge in [0.05, 0.1) is 5.92 Å². The van der Waals surface area contributed by atoms with Crippen LogP contribution in [0.4, 0.5) is 13.2 Å². The summed E-state index contributed by atoms with van der Waals surface area (Å²) in [6.07, 6.45) is -0.279. The molecule has 0 radical (unpaired) electrons. The van der Waals surface area contributed by atoms with Crippen molar-refractivity contribution < 1.29 is 27.9 Å². The van der Waals surface area contributed by atoms with Crippen LogP contribution in [0, 0.1) is 23.4 Å². The molecule has 0 saturated carbocycles. The summed E-state index contributed by atoms with van der Waals surface area (Å²) in [5, 5.41) is 11.4. The Balaban J connectivity index is 2.44. The molecule has 7 heteroatoms.